The van der Waals surface area contributed by atoms with E-state index in [1.165, 1.54) is 0 Å². The first-order chi connectivity index (χ1) is 9.10. The molecular formula is C15H22N2O2. The van der Waals surface area contributed by atoms with Crippen LogP contribution >= 0.6 is 0 Å². The number of likely N-dealkylation sites (tertiary alicyclic amines) is 1. The Labute approximate surface area is 114 Å². The van der Waals surface area contributed by atoms with Gasteiger partial charge in [0, 0.05) is 26.1 Å². The zero-order chi connectivity index (χ0) is 13.8. The molecule has 4 heteroatoms. The molecular weight excluding hydrogens is 240 g/mol. The summed E-state index contributed by atoms with van der Waals surface area (Å²) in [5.74, 6) is 0.824. The number of rotatable bonds is 5. The summed E-state index contributed by atoms with van der Waals surface area (Å²) >= 11 is 0. The Morgan fingerprint density at radius 2 is 2.32 bits per heavy atom. The second kappa shape index (κ2) is 6.06. The lowest BCUT2D eigenvalue weighted by Gasteiger charge is -2.14. The zero-order valence-corrected chi connectivity index (χ0v) is 11.6. The molecule has 2 N–H and O–H groups in total. The van der Waals surface area contributed by atoms with E-state index < -0.39 is 0 Å². The molecule has 2 unspecified atom stereocenters. The number of benzene rings is 1. The number of amides is 1. The highest BCUT2D eigenvalue weighted by atomic mass is 16.5. The van der Waals surface area contributed by atoms with Crippen LogP contribution in [0.25, 0.3) is 0 Å². The number of ether oxygens (including phenoxy) is 1. The number of hydrogen-bond donors (Lipinski definition) is 1. The van der Waals surface area contributed by atoms with Gasteiger partial charge in [0.1, 0.15) is 5.75 Å². The van der Waals surface area contributed by atoms with Crippen molar-refractivity contribution < 1.29 is 9.53 Å². The van der Waals surface area contributed by atoms with Crippen molar-refractivity contribution in [2.75, 3.05) is 13.6 Å². The lowest BCUT2D eigenvalue weighted by atomic mass is 10.0. The van der Waals surface area contributed by atoms with Crippen molar-refractivity contribution in [3.8, 4) is 5.75 Å². The lowest BCUT2D eigenvalue weighted by molar-refractivity contribution is -0.132. The topological polar surface area (TPSA) is 55.6 Å². The molecule has 0 aromatic heterocycles. The number of carbonyl (C=O) groups is 1. The van der Waals surface area contributed by atoms with E-state index in [0.717, 1.165) is 37.1 Å². The number of nitrogens with zero attached hydrogens (tertiary/aromatic N) is 1. The fourth-order valence-corrected chi connectivity index (χ4v) is 2.26. The first kappa shape index (κ1) is 13.9. The molecule has 0 saturated carbocycles. The fraction of sp³-hybridized carbons (Fsp3) is 0.533. The van der Waals surface area contributed by atoms with Gasteiger partial charge in [-0.25, -0.2) is 0 Å². The van der Waals surface area contributed by atoms with Gasteiger partial charge in [0.05, 0.1) is 0 Å². The molecule has 0 spiro atoms. The van der Waals surface area contributed by atoms with Crippen molar-refractivity contribution in [1.82, 2.24) is 4.90 Å². The Bertz CT molecular complexity index is 448. The molecule has 2 rings (SSSR count). The summed E-state index contributed by atoms with van der Waals surface area (Å²) in [5.41, 5.74) is 7.12. The van der Waals surface area contributed by atoms with Gasteiger partial charge in [-0.15, -0.1) is 0 Å². The molecule has 1 saturated heterocycles. The van der Waals surface area contributed by atoms with E-state index >= 15 is 0 Å². The van der Waals surface area contributed by atoms with Gasteiger partial charge < -0.3 is 15.4 Å². The Kier molecular flexibility index (Phi) is 4.43. The van der Waals surface area contributed by atoms with Crippen LogP contribution in [0, 0.1) is 0 Å². The van der Waals surface area contributed by atoms with Crippen LogP contribution in [0.2, 0.25) is 0 Å². The Morgan fingerprint density at radius 1 is 1.53 bits per heavy atom. The molecule has 1 heterocycles. The van der Waals surface area contributed by atoms with E-state index in [1.807, 2.05) is 31.3 Å². The molecule has 1 aromatic rings. The average molecular weight is 262 g/mol. The van der Waals surface area contributed by atoms with Crippen molar-refractivity contribution in [3.63, 3.8) is 0 Å². The third-order valence-electron chi connectivity index (χ3n) is 3.58. The summed E-state index contributed by atoms with van der Waals surface area (Å²) in [6.45, 7) is 2.85. The Hall–Kier alpha value is -1.55. The highest BCUT2D eigenvalue weighted by molar-refractivity contribution is 5.83. The standard InChI is InChI=1S/C15H22N2O2/c1-3-12(16)9-11-5-4-6-13(10-11)19-14-7-8-17(2)15(14)18/h4-6,10,12,14H,3,7-9,16H2,1-2H3. The number of nitrogens with two attached hydrogens (primary N) is 1. The Morgan fingerprint density at radius 3 is 2.95 bits per heavy atom. The van der Waals surface area contributed by atoms with E-state index in [1.54, 1.807) is 4.90 Å². The molecule has 1 amide bonds. The molecule has 1 aliphatic heterocycles. The van der Waals surface area contributed by atoms with Gasteiger partial charge in [0.25, 0.3) is 5.91 Å². The second-order valence-corrected chi connectivity index (χ2v) is 5.17. The lowest BCUT2D eigenvalue weighted by Crippen LogP contribution is -2.29. The summed E-state index contributed by atoms with van der Waals surface area (Å²) in [7, 11) is 1.81. The normalized spacial score (nSPS) is 20.7. The minimum Gasteiger partial charge on any atom is -0.481 e. The van der Waals surface area contributed by atoms with Gasteiger partial charge in [-0.1, -0.05) is 19.1 Å². The van der Waals surface area contributed by atoms with Gasteiger partial charge in [-0.3, -0.25) is 4.79 Å². The third-order valence-corrected chi connectivity index (χ3v) is 3.58. The van der Waals surface area contributed by atoms with Crippen molar-refractivity contribution in [1.29, 1.82) is 0 Å². The zero-order valence-electron chi connectivity index (χ0n) is 11.6. The van der Waals surface area contributed by atoms with Gasteiger partial charge in [-0.2, -0.15) is 0 Å². The average Bonchev–Trinajstić information content (AvgIpc) is 2.71. The molecule has 0 aliphatic carbocycles. The van der Waals surface area contributed by atoms with Crippen LogP contribution in [0.4, 0.5) is 0 Å². The summed E-state index contributed by atoms with van der Waals surface area (Å²) in [6, 6.07) is 8.06. The number of carbonyl (C=O) groups excluding carboxylic acids is 1. The predicted octanol–water partition coefficient (Wildman–Crippen LogP) is 1.58. The van der Waals surface area contributed by atoms with Gasteiger partial charge in [0.15, 0.2) is 6.10 Å². The van der Waals surface area contributed by atoms with E-state index in [2.05, 4.69) is 6.92 Å². The molecule has 0 bridgehead atoms. The maximum Gasteiger partial charge on any atom is 0.263 e. The van der Waals surface area contributed by atoms with Crippen LogP contribution < -0.4 is 10.5 Å². The van der Waals surface area contributed by atoms with Gasteiger partial charge in [-0.05, 0) is 30.5 Å². The fourth-order valence-electron chi connectivity index (χ4n) is 2.26. The van der Waals surface area contributed by atoms with Crippen LogP contribution in [-0.2, 0) is 11.2 Å². The smallest absolute Gasteiger partial charge is 0.263 e. The van der Waals surface area contributed by atoms with E-state index in [4.69, 9.17) is 10.5 Å². The predicted molar refractivity (Wildman–Crippen MR) is 75.1 cm³/mol. The Balaban J connectivity index is 2.01. The van der Waals surface area contributed by atoms with Crippen LogP contribution in [0.15, 0.2) is 24.3 Å². The molecule has 4 nitrogen and oxygen atoms in total. The SMILES string of the molecule is CCC(N)Cc1cccc(OC2CCN(C)C2=O)c1. The van der Waals surface area contributed by atoms with Gasteiger partial charge >= 0.3 is 0 Å². The second-order valence-electron chi connectivity index (χ2n) is 5.17. The van der Waals surface area contributed by atoms with Crippen LogP contribution in [0.5, 0.6) is 5.75 Å². The molecule has 2 atom stereocenters. The van der Waals surface area contributed by atoms with E-state index in [-0.39, 0.29) is 18.1 Å². The van der Waals surface area contributed by atoms with Crippen molar-refractivity contribution in [2.24, 2.45) is 5.73 Å². The molecule has 1 aromatic carbocycles. The van der Waals surface area contributed by atoms with Gasteiger partial charge in [0.2, 0.25) is 0 Å². The monoisotopic (exact) mass is 262 g/mol. The van der Waals surface area contributed by atoms with E-state index in [0.29, 0.717) is 0 Å². The molecule has 1 fully saturated rings. The first-order valence-corrected chi connectivity index (χ1v) is 6.86. The molecule has 19 heavy (non-hydrogen) atoms. The summed E-state index contributed by atoms with van der Waals surface area (Å²) in [6.07, 6.45) is 2.22. The highest BCUT2D eigenvalue weighted by Crippen LogP contribution is 2.20. The first-order valence-electron chi connectivity index (χ1n) is 6.86. The maximum absolute atomic E-state index is 11.8. The third kappa shape index (κ3) is 3.47. The van der Waals surface area contributed by atoms with Crippen LogP contribution in [-0.4, -0.2) is 36.5 Å². The summed E-state index contributed by atoms with van der Waals surface area (Å²) in [5, 5.41) is 0. The minimum absolute atomic E-state index is 0.0654. The van der Waals surface area contributed by atoms with Crippen molar-refractivity contribution in [2.45, 2.75) is 38.3 Å². The molecule has 1 aliphatic rings. The number of hydrogen-bond acceptors (Lipinski definition) is 3. The molecule has 0 radical (unpaired) electrons. The minimum atomic E-state index is -0.333. The quantitative estimate of drug-likeness (QED) is 0.876. The van der Waals surface area contributed by atoms with Crippen LogP contribution in [0.3, 0.4) is 0 Å². The number of likely N-dealkylation sites (N-methyl/N-ethyl adjacent to an activating group) is 1. The molecule has 104 valence electrons. The summed E-state index contributed by atoms with van der Waals surface area (Å²) in [4.78, 5) is 13.5. The maximum atomic E-state index is 11.8. The largest absolute Gasteiger partial charge is 0.481 e. The van der Waals surface area contributed by atoms with E-state index in [9.17, 15) is 4.79 Å². The summed E-state index contributed by atoms with van der Waals surface area (Å²) < 4.78 is 5.78. The van der Waals surface area contributed by atoms with Crippen molar-refractivity contribution >= 4 is 5.91 Å². The highest BCUT2D eigenvalue weighted by Gasteiger charge is 2.30. The van der Waals surface area contributed by atoms with Crippen molar-refractivity contribution in [3.05, 3.63) is 29.8 Å². The van der Waals surface area contributed by atoms with Crippen LogP contribution in [0.1, 0.15) is 25.3 Å².